The Labute approximate surface area is 153 Å². The lowest BCUT2D eigenvalue weighted by Crippen LogP contribution is -2.57. The molecule has 3 aromatic rings. The summed E-state index contributed by atoms with van der Waals surface area (Å²) in [6.45, 7) is 2.84. The van der Waals surface area contributed by atoms with Crippen LogP contribution in [-0.2, 0) is 4.79 Å². The maximum absolute atomic E-state index is 13.1. The Kier molecular flexibility index (Phi) is 4.20. The number of fused-ring (bicyclic) bond motifs is 1. The van der Waals surface area contributed by atoms with Crippen LogP contribution >= 0.6 is 11.3 Å². The van der Waals surface area contributed by atoms with E-state index in [1.54, 1.807) is 33.0 Å². The summed E-state index contributed by atoms with van der Waals surface area (Å²) in [4.78, 5) is 31.9. The van der Waals surface area contributed by atoms with E-state index < -0.39 is 6.04 Å². The van der Waals surface area contributed by atoms with Crippen molar-refractivity contribution in [2.75, 3.05) is 13.1 Å². The van der Waals surface area contributed by atoms with Gasteiger partial charge >= 0.3 is 0 Å². The summed E-state index contributed by atoms with van der Waals surface area (Å²) in [6, 6.07) is 5.63. The summed E-state index contributed by atoms with van der Waals surface area (Å²) in [6.07, 6.45) is 2.34. The van der Waals surface area contributed by atoms with Gasteiger partial charge < -0.3 is 10.2 Å². The van der Waals surface area contributed by atoms with E-state index in [0.29, 0.717) is 35.9 Å². The quantitative estimate of drug-likeness (QED) is 0.768. The molecule has 1 fully saturated rings. The third-order valence-corrected chi connectivity index (χ3v) is 5.39. The molecule has 0 spiro atoms. The molecule has 0 aliphatic carbocycles. The summed E-state index contributed by atoms with van der Waals surface area (Å²) in [5.41, 5.74) is 1.94. The first-order chi connectivity index (χ1) is 12.6. The van der Waals surface area contributed by atoms with E-state index in [1.165, 1.54) is 23.5 Å². The number of benzene rings is 1. The first-order valence-corrected chi connectivity index (χ1v) is 9.27. The van der Waals surface area contributed by atoms with Gasteiger partial charge in [0, 0.05) is 30.2 Å². The van der Waals surface area contributed by atoms with Crippen LogP contribution in [0.2, 0.25) is 0 Å². The number of nitrogens with zero attached hydrogens (tertiary/aromatic N) is 3. The molecule has 0 bridgehead atoms. The standard InChI is InChI=1S/C18H17FN4O2S/c1-2-14-16(24)20-7-8-22(14)17(25)15-10-26-18-21-13(9-23(15)18)11-3-5-12(19)6-4-11/h3-6,9-10,14H,2,7-8H2,1H3,(H,20,24)/t14-/m0/s1. The van der Waals surface area contributed by atoms with Crippen LogP contribution in [0.5, 0.6) is 0 Å². The van der Waals surface area contributed by atoms with Crippen molar-refractivity contribution in [2.24, 2.45) is 0 Å². The van der Waals surface area contributed by atoms with Crippen molar-refractivity contribution in [3.63, 3.8) is 0 Å². The average Bonchev–Trinajstić information content (AvgIpc) is 3.22. The van der Waals surface area contributed by atoms with Gasteiger partial charge in [0.05, 0.1) is 5.69 Å². The molecule has 1 aromatic carbocycles. The molecule has 1 aliphatic rings. The third kappa shape index (κ3) is 2.76. The van der Waals surface area contributed by atoms with E-state index in [2.05, 4.69) is 10.3 Å². The number of carbonyl (C=O) groups excluding carboxylic acids is 2. The largest absolute Gasteiger partial charge is 0.353 e. The lowest BCUT2D eigenvalue weighted by Gasteiger charge is -2.34. The Balaban J connectivity index is 1.69. The average molecular weight is 372 g/mol. The number of amides is 2. The molecule has 0 unspecified atom stereocenters. The van der Waals surface area contributed by atoms with E-state index in [0.717, 1.165) is 5.56 Å². The highest BCUT2D eigenvalue weighted by atomic mass is 32.1. The molecular formula is C18H17FN4O2S. The van der Waals surface area contributed by atoms with E-state index >= 15 is 0 Å². The molecule has 1 N–H and O–H groups in total. The number of hydrogen-bond donors (Lipinski definition) is 1. The van der Waals surface area contributed by atoms with E-state index in [9.17, 15) is 14.0 Å². The van der Waals surface area contributed by atoms with E-state index in [1.807, 2.05) is 6.92 Å². The zero-order valence-electron chi connectivity index (χ0n) is 14.1. The molecule has 6 nitrogen and oxygen atoms in total. The minimum Gasteiger partial charge on any atom is -0.353 e. The van der Waals surface area contributed by atoms with Crippen molar-refractivity contribution in [1.82, 2.24) is 19.6 Å². The predicted molar refractivity (Wildman–Crippen MR) is 96.6 cm³/mol. The molecule has 8 heteroatoms. The van der Waals surface area contributed by atoms with Gasteiger partial charge in [-0.15, -0.1) is 11.3 Å². The van der Waals surface area contributed by atoms with Crippen LogP contribution in [0, 0.1) is 5.82 Å². The van der Waals surface area contributed by atoms with Crippen molar-refractivity contribution >= 4 is 28.1 Å². The fraction of sp³-hybridized carbons (Fsp3) is 0.278. The van der Waals surface area contributed by atoms with Gasteiger partial charge in [-0.1, -0.05) is 6.92 Å². The van der Waals surface area contributed by atoms with Crippen molar-refractivity contribution in [3.8, 4) is 11.3 Å². The van der Waals surface area contributed by atoms with Crippen LogP contribution in [0.4, 0.5) is 4.39 Å². The minimum atomic E-state index is -0.453. The number of aromatic nitrogens is 2. The number of thiazole rings is 1. The Morgan fingerprint density at radius 3 is 2.88 bits per heavy atom. The molecule has 0 saturated carbocycles. The van der Waals surface area contributed by atoms with Crippen LogP contribution in [0.25, 0.3) is 16.2 Å². The van der Waals surface area contributed by atoms with Gasteiger partial charge in [0.1, 0.15) is 17.6 Å². The second kappa shape index (κ2) is 6.53. The minimum absolute atomic E-state index is 0.115. The zero-order chi connectivity index (χ0) is 18.3. The highest BCUT2D eigenvalue weighted by Gasteiger charge is 2.33. The van der Waals surface area contributed by atoms with Gasteiger partial charge in [0.15, 0.2) is 4.96 Å². The molecule has 2 aromatic heterocycles. The first kappa shape index (κ1) is 16.7. The Bertz CT molecular complexity index is 979. The van der Waals surface area contributed by atoms with Gasteiger partial charge in [-0.05, 0) is 30.7 Å². The number of nitrogens with one attached hydrogen (secondary N) is 1. The maximum atomic E-state index is 13.1. The predicted octanol–water partition coefficient (Wildman–Crippen LogP) is 2.55. The van der Waals surface area contributed by atoms with Crippen molar-refractivity contribution in [1.29, 1.82) is 0 Å². The Morgan fingerprint density at radius 2 is 2.15 bits per heavy atom. The summed E-state index contributed by atoms with van der Waals surface area (Å²) in [7, 11) is 0. The monoisotopic (exact) mass is 372 g/mol. The number of rotatable bonds is 3. The molecule has 1 saturated heterocycles. The van der Waals surface area contributed by atoms with Gasteiger partial charge in [0.25, 0.3) is 5.91 Å². The van der Waals surface area contributed by atoms with Gasteiger partial charge in [-0.2, -0.15) is 0 Å². The Morgan fingerprint density at radius 1 is 1.38 bits per heavy atom. The first-order valence-electron chi connectivity index (χ1n) is 8.39. The third-order valence-electron chi connectivity index (χ3n) is 4.55. The number of halogens is 1. The number of imidazole rings is 1. The van der Waals surface area contributed by atoms with Crippen LogP contribution in [0.15, 0.2) is 35.8 Å². The molecule has 1 atom stereocenters. The molecular weight excluding hydrogens is 355 g/mol. The molecule has 2 amide bonds. The maximum Gasteiger partial charge on any atom is 0.272 e. The zero-order valence-corrected chi connectivity index (χ0v) is 14.9. The fourth-order valence-corrected chi connectivity index (χ4v) is 4.06. The van der Waals surface area contributed by atoms with Gasteiger partial charge in [0.2, 0.25) is 5.91 Å². The van der Waals surface area contributed by atoms with Crippen LogP contribution in [0.3, 0.4) is 0 Å². The molecule has 134 valence electrons. The molecule has 1 aliphatic heterocycles. The van der Waals surface area contributed by atoms with E-state index in [-0.39, 0.29) is 17.6 Å². The smallest absolute Gasteiger partial charge is 0.272 e. The second-order valence-electron chi connectivity index (χ2n) is 6.12. The molecule has 3 heterocycles. The lowest BCUT2D eigenvalue weighted by molar-refractivity contribution is -0.127. The normalized spacial score (nSPS) is 17.5. The van der Waals surface area contributed by atoms with Crippen LogP contribution in [0.1, 0.15) is 23.8 Å². The van der Waals surface area contributed by atoms with Crippen LogP contribution in [-0.4, -0.2) is 45.2 Å². The summed E-state index contributed by atoms with van der Waals surface area (Å²) < 4.78 is 14.9. The molecule has 0 radical (unpaired) electrons. The second-order valence-corrected chi connectivity index (χ2v) is 6.96. The highest BCUT2D eigenvalue weighted by molar-refractivity contribution is 7.15. The number of hydrogen-bond acceptors (Lipinski definition) is 4. The van der Waals surface area contributed by atoms with Gasteiger partial charge in [-0.25, -0.2) is 9.37 Å². The van der Waals surface area contributed by atoms with Crippen molar-refractivity contribution < 1.29 is 14.0 Å². The van der Waals surface area contributed by atoms with E-state index in [4.69, 9.17) is 0 Å². The van der Waals surface area contributed by atoms with Crippen LogP contribution < -0.4 is 5.32 Å². The highest BCUT2D eigenvalue weighted by Crippen LogP contribution is 2.25. The van der Waals surface area contributed by atoms with Crippen molar-refractivity contribution in [2.45, 2.75) is 19.4 Å². The molecule has 4 rings (SSSR count). The van der Waals surface area contributed by atoms with Gasteiger partial charge in [-0.3, -0.25) is 14.0 Å². The lowest BCUT2D eigenvalue weighted by atomic mass is 10.1. The summed E-state index contributed by atoms with van der Waals surface area (Å²) in [5.74, 6) is -0.600. The summed E-state index contributed by atoms with van der Waals surface area (Å²) >= 11 is 1.36. The molecule has 26 heavy (non-hydrogen) atoms. The topological polar surface area (TPSA) is 66.7 Å². The van der Waals surface area contributed by atoms with Crippen molar-refractivity contribution in [3.05, 3.63) is 47.4 Å². The fourth-order valence-electron chi connectivity index (χ4n) is 3.21. The Hall–Kier alpha value is -2.74. The summed E-state index contributed by atoms with van der Waals surface area (Å²) in [5, 5.41) is 4.56. The number of carbonyl (C=O) groups is 2. The SMILES string of the molecule is CC[C@H]1C(=O)NCCN1C(=O)c1csc2nc(-c3ccc(F)cc3)cn12. The number of piperazine rings is 1.